The highest BCUT2D eigenvalue weighted by Crippen LogP contribution is 2.50. The zero-order valence-corrected chi connectivity index (χ0v) is 25.5. The molecule has 3 atom stereocenters. The van der Waals surface area contributed by atoms with Crippen molar-refractivity contribution in [3.05, 3.63) is 128 Å². The maximum atomic E-state index is 6.17. The minimum atomic E-state index is 0.278. The van der Waals surface area contributed by atoms with E-state index in [0.717, 1.165) is 27.7 Å². The molecule has 0 unspecified atom stereocenters. The maximum absolute atomic E-state index is 6.17. The first-order valence-corrected chi connectivity index (χ1v) is 14.9. The number of anilines is 1. The zero-order chi connectivity index (χ0) is 28.5. The highest BCUT2D eigenvalue weighted by atomic mass is 79.9. The third-order valence-electron chi connectivity index (χ3n) is 8.05. The Morgan fingerprint density at radius 1 is 0.927 bits per heavy atom. The Bertz CT molecular complexity index is 1620. The van der Waals surface area contributed by atoms with Crippen LogP contribution in [-0.4, -0.2) is 13.3 Å². The summed E-state index contributed by atoms with van der Waals surface area (Å²) in [6.45, 7) is 6.84. The summed E-state index contributed by atoms with van der Waals surface area (Å²) in [5.74, 6) is 2.35. The molecule has 1 N–H and O–H groups in total. The van der Waals surface area contributed by atoms with Crippen LogP contribution in [-0.2, 0) is 6.61 Å². The molecule has 0 radical (unpaired) electrons. The van der Waals surface area contributed by atoms with Crippen LogP contribution in [0.3, 0.4) is 0 Å². The number of aryl methyl sites for hydroxylation is 3. The molecule has 1 heterocycles. The normalized spacial score (nSPS) is 19.1. The van der Waals surface area contributed by atoms with Crippen molar-refractivity contribution in [2.24, 2.45) is 10.9 Å². The van der Waals surface area contributed by atoms with Crippen molar-refractivity contribution in [1.29, 1.82) is 0 Å². The third-order valence-corrected chi connectivity index (χ3v) is 8.64. The predicted molar refractivity (Wildman–Crippen MR) is 172 cm³/mol. The summed E-state index contributed by atoms with van der Waals surface area (Å²) < 4.78 is 12.7. The molecule has 4 aromatic carbocycles. The number of ether oxygens (including phenoxy) is 2. The van der Waals surface area contributed by atoms with Crippen molar-refractivity contribution in [2.45, 2.75) is 45.8 Å². The molecule has 4 nitrogen and oxygen atoms in total. The van der Waals surface area contributed by atoms with Gasteiger partial charge in [0.05, 0.1) is 23.3 Å². The standard InChI is InChI=1S/C36H35BrN2O2/c1-22-8-13-33-31(17-22)29-6-5-7-30(29)35(39-33)27-9-11-28(12-10-27)38-20-25-18-32(37)36(34(19-25)40-4)41-21-26-15-23(2)14-24(3)16-26/h5-6,8-20,29-30,35,39H,7,21H2,1-4H3/t29-,30+,35-/m0/s1. The van der Waals surface area contributed by atoms with Gasteiger partial charge in [-0.05, 0) is 102 Å². The largest absolute Gasteiger partial charge is 0.493 e. The Morgan fingerprint density at radius 3 is 2.46 bits per heavy atom. The van der Waals surface area contributed by atoms with Crippen LogP contribution < -0.4 is 14.8 Å². The number of nitrogens with zero attached hydrogens (tertiary/aromatic N) is 1. The number of fused-ring (bicyclic) bond motifs is 3. The lowest BCUT2D eigenvalue weighted by Crippen LogP contribution is -2.29. The van der Waals surface area contributed by atoms with Gasteiger partial charge in [0.2, 0.25) is 0 Å². The Balaban J connectivity index is 1.17. The molecule has 0 spiro atoms. The molecule has 0 amide bonds. The average Bonchev–Trinajstić information content (AvgIpc) is 3.45. The second-order valence-electron chi connectivity index (χ2n) is 11.2. The van der Waals surface area contributed by atoms with Crippen molar-refractivity contribution in [3.8, 4) is 11.5 Å². The quantitative estimate of drug-likeness (QED) is 0.168. The fraction of sp³-hybridized carbons (Fsp3) is 0.250. The maximum Gasteiger partial charge on any atom is 0.175 e. The van der Waals surface area contributed by atoms with Gasteiger partial charge in [0, 0.05) is 17.8 Å². The van der Waals surface area contributed by atoms with Crippen LogP contribution in [0.25, 0.3) is 0 Å². The smallest absolute Gasteiger partial charge is 0.175 e. The molecule has 5 heteroatoms. The van der Waals surface area contributed by atoms with Crippen molar-refractivity contribution in [1.82, 2.24) is 0 Å². The number of halogens is 1. The minimum Gasteiger partial charge on any atom is -0.493 e. The molecule has 0 aromatic heterocycles. The minimum absolute atomic E-state index is 0.278. The summed E-state index contributed by atoms with van der Waals surface area (Å²) >= 11 is 3.68. The number of nitrogens with one attached hydrogen (secondary N) is 1. The van der Waals surface area contributed by atoms with Crippen LogP contribution in [0.4, 0.5) is 11.4 Å². The molecule has 1 aliphatic heterocycles. The van der Waals surface area contributed by atoms with E-state index >= 15 is 0 Å². The Morgan fingerprint density at radius 2 is 1.71 bits per heavy atom. The Labute approximate surface area is 251 Å². The van der Waals surface area contributed by atoms with Crippen LogP contribution in [0, 0.1) is 26.7 Å². The van der Waals surface area contributed by atoms with Gasteiger partial charge in [0.15, 0.2) is 11.5 Å². The second-order valence-corrected chi connectivity index (χ2v) is 12.1. The van der Waals surface area contributed by atoms with Crippen LogP contribution in [0.2, 0.25) is 0 Å². The lowest BCUT2D eigenvalue weighted by molar-refractivity contribution is 0.282. The van der Waals surface area contributed by atoms with Gasteiger partial charge in [-0.2, -0.15) is 0 Å². The van der Waals surface area contributed by atoms with Crippen molar-refractivity contribution >= 4 is 33.5 Å². The van der Waals surface area contributed by atoms with Gasteiger partial charge in [-0.15, -0.1) is 0 Å². The number of rotatable bonds is 7. The van der Waals surface area contributed by atoms with Crippen LogP contribution in [0.15, 0.2) is 94.4 Å². The van der Waals surface area contributed by atoms with Crippen molar-refractivity contribution < 1.29 is 9.47 Å². The molecule has 0 bridgehead atoms. The number of hydrogen-bond acceptors (Lipinski definition) is 4. The number of hydrogen-bond donors (Lipinski definition) is 1. The van der Waals surface area contributed by atoms with Crippen molar-refractivity contribution in [3.63, 3.8) is 0 Å². The SMILES string of the molecule is COc1cc(C=Nc2ccc([C@@H]3Nc4ccc(C)cc4[C@H]4C=CC[C@H]43)cc2)cc(Br)c1OCc1cc(C)cc(C)c1. The first-order valence-electron chi connectivity index (χ1n) is 14.1. The Hall–Kier alpha value is -3.83. The van der Waals surface area contributed by atoms with Crippen molar-refractivity contribution in [2.75, 3.05) is 12.4 Å². The number of methoxy groups -OCH3 is 1. The first-order chi connectivity index (χ1) is 19.9. The molecule has 4 aromatic rings. The van der Waals surface area contributed by atoms with Gasteiger partial charge >= 0.3 is 0 Å². The van der Waals surface area contributed by atoms with Gasteiger partial charge in [-0.3, -0.25) is 4.99 Å². The molecular weight excluding hydrogens is 572 g/mol. The summed E-state index contributed by atoms with van der Waals surface area (Å²) in [6, 6.07) is 26.1. The van der Waals surface area contributed by atoms with E-state index in [1.54, 1.807) is 7.11 Å². The predicted octanol–water partition coefficient (Wildman–Crippen LogP) is 9.54. The summed E-state index contributed by atoms with van der Waals surface area (Å²) in [6.07, 6.45) is 7.69. The fourth-order valence-corrected chi connectivity index (χ4v) is 6.80. The molecule has 6 rings (SSSR count). The van der Waals surface area contributed by atoms with Gasteiger partial charge in [0.1, 0.15) is 6.61 Å². The van der Waals surface area contributed by atoms with E-state index < -0.39 is 0 Å². The van der Waals surface area contributed by atoms with Crippen LogP contribution >= 0.6 is 15.9 Å². The molecule has 208 valence electrons. The summed E-state index contributed by atoms with van der Waals surface area (Å²) in [5, 5.41) is 3.83. The van der Waals surface area contributed by atoms with E-state index in [4.69, 9.17) is 14.5 Å². The molecule has 0 fully saturated rings. The molecular formula is C36H35BrN2O2. The monoisotopic (exact) mass is 606 g/mol. The molecule has 0 saturated carbocycles. The third kappa shape index (κ3) is 5.82. The zero-order valence-electron chi connectivity index (χ0n) is 23.9. The van der Waals surface area contributed by atoms with Gasteiger partial charge in [-0.25, -0.2) is 0 Å². The lowest BCUT2D eigenvalue weighted by Gasteiger charge is -2.37. The van der Waals surface area contributed by atoms with E-state index in [1.165, 1.54) is 33.5 Å². The van der Waals surface area contributed by atoms with E-state index in [-0.39, 0.29) is 6.04 Å². The summed E-state index contributed by atoms with van der Waals surface area (Å²) in [4.78, 5) is 4.76. The number of aliphatic imine (C=N–C) groups is 1. The fourth-order valence-electron chi connectivity index (χ4n) is 6.22. The summed E-state index contributed by atoms with van der Waals surface area (Å²) in [5.41, 5.74) is 10.7. The van der Waals surface area contributed by atoms with E-state index in [0.29, 0.717) is 29.9 Å². The topological polar surface area (TPSA) is 42.8 Å². The van der Waals surface area contributed by atoms with Crippen LogP contribution in [0.5, 0.6) is 11.5 Å². The second kappa shape index (κ2) is 11.6. The van der Waals surface area contributed by atoms with Gasteiger partial charge in [0.25, 0.3) is 0 Å². The van der Waals surface area contributed by atoms with E-state index in [2.05, 4.69) is 115 Å². The van der Waals surface area contributed by atoms with Crippen LogP contribution in [0.1, 0.15) is 57.3 Å². The Kier molecular flexibility index (Phi) is 7.72. The van der Waals surface area contributed by atoms with Gasteiger partial charge in [-0.1, -0.05) is 71.3 Å². The first kappa shape index (κ1) is 27.3. The number of benzene rings is 4. The highest BCUT2D eigenvalue weighted by molar-refractivity contribution is 9.10. The summed E-state index contributed by atoms with van der Waals surface area (Å²) in [7, 11) is 1.66. The molecule has 1 aliphatic carbocycles. The van der Waals surface area contributed by atoms with Gasteiger partial charge < -0.3 is 14.8 Å². The molecule has 2 aliphatic rings. The lowest BCUT2D eigenvalue weighted by atomic mass is 9.76. The highest BCUT2D eigenvalue weighted by Gasteiger charge is 2.37. The van der Waals surface area contributed by atoms with E-state index in [9.17, 15) is 0 Å². The molecule has 0 saturated heterocycles. The average molecular weight is 608 g/mol. The number of allylic oxidation sites excluding steroid dienone is 2. The van der Waals surface area contributed by atoms with E-state index in [1.807, 2.05) is 18.3 Å². The molecule has 41 heavy (non-hydrogen) atoms.